The van der Waals surface area contributed by atoms with Crippen molar-refractivity contribution in [2.75, 3.05) is 19.0 Å². The fraction of sp³-hybridized carbons (Fsp3) is 0.684. The van der Waals surface area contributed by atoms with E-state index in [-0.39, 0.29) is 12.1 Å². The molecule has 2 aliphatic heterocycles. The van der Waals surface area contributed by atoms with Crippen LogP contribution >= 0.6 is 0 Å². The molecule has 0 spiro atoms. The number of fused-ring (bicyclic) bond motifs is 2. The van der Waals surface area contributed by atoms with E-state index in [1.165, 1.54) is 12.0 Å². The van der Waals surface area contributed by atoms with Crippen molar-refractivity contribution in [3.8, 4) is 0 Å². The van der Waals surface area contributed by atoms with Crippen molar-refractivity contribution in [3.05, 3.63) is 23.9 Å². The van der Waals surface area contributed by atoms with Crippen LogP contribution in [-0.4, -0.2) is 47.8 Å². The maximum Gasteiger partial charge on any atom is 0.410 e. The molecular weight excluding hydrogens is 302 g/mol. The number of piperidine rings is 1. The Bertz CT molecular complexity index is 592. The van der Waals surface area contributed by atoms with E-state index in [1.807, 2.05) is 50.9 Å². The summed E-state index contributed by atoms with van der Waals surface area (Å²) in [6.07, 6.45) is 6.16. The molecule has 5 nitrogen and oxygen atoms in total. The molecule has 3 rings (SSSR count). The Morgan fingerprint density at radius 2 is 2.04 bits per heavy atom. The summed E-state index contributed by atoms with van der Waals surface area (Å²) in [5, 5.41) is 0. The normalized spacial score (nSPS) is 26.4. The summed E-state index contributed by atoms with van der Waals surface area (Å²) in [4.78, 5) is 21.3. The number of carbonyl (C=O) groups is 1. The smallest absolute Gasteiger partial charge is 0.410 e. The zero-order chi connectivity index (χ0) is 17.5. The first-order chi connectivity index (χ1) is 11.3. The van der Waals surface area contributed by atoms with Crippen molar-refractivity contribution < 1.29 is 9.53 Å². The number of nitrogens with zero attached hydrogens (tertiary/aromatic N) is 3. The molecule has 0 saturated carbocycles. The fourth-order valence-corrected chi connectivity index (χ4v) is 4.03. The predicted molar refractivity (Wildman–Crippen MR) is 95.4 cm³/mol. The van der Waals surface area contributed by atoms with Gasteiger partial charge in [0.05, 0.1) is 0 Å². The van der Waals surface area contributed by atoms with Gasteiger partial charge in [0.15, 0.2) is 0 Å². The van der Waals surface area contributed by atoms with Gasteiger partial charge in [0, 0.05) is 38.3 Å². The van der Waals surface area contributed by atoms with Gasteiger partial charge in [-0.3, -0.25) is 0 Å². The van der Waals surface area contributed by atoms with Crippen LogP contribution in [0.15, 0.2) is 18.3 Å². The number of ether oxygens (including phenoxy) is 1. The number of hydrogen-bond donors (Lipinski definition) is 0. The number of hydrogen-bond acceptors (Lipinski definition) is 4. The lowest BCUT2D eigenvalue weighted by atomic mass is 9.91. The van der Waals surface area contributed by atoms with Crippen molar-refractivity contribution in [2.24, 2.45) is 0 Å². The second kappa shape index (κ2) is 6.26. The Kier molecular flexibility index (Phi) is 4.45. The zero-order valence-corrected chi connectivity index (χ0v) is 15.5. The van der Waals surface area contributed by atoms with Gasteiger partial charge in [-0.15, -0.1) is 0 Å². The molecular formula is C19H29N3O2. The molecule has 1 aromatic heterocycles. The van der Waals surface area contributed by atoms with E-state index in [9.17, 15) is 4.79 Å². The molecule has 0 N–H and O–H groups in total. The maximum atomic E-state index is 12.7. The first-order valence-electron chi connectivity index (χ1n) is 8.91. The summed E-state index contributed by atoms with van der Waals surface area (Å²) in [5.74, 6) is 1.33. The van der Waals surface area contributed by atoms with E-state index in [0.717, 1.165) is 25.1 Å². The van der Waals surface area contributed by atoms with Crippen molar-refractivity contribution >= 4 is 11.9 Å². The predicted octanol–water partition coefficient (Wildman–Crippen LogP) is 3.79. The highest BCUT2D eigenvalue weighted by atomic mass is 16.6. The van der Waals surface area contributed by atoms with Gasteiger partial charge in [-0.25, -0.2) is 9.78 Å². The van der Waals surface area contributed by atoms with E-state index in [0.29, 0.717) is 12.0 Å². The molecule has 2 bridgehead atoms. The van der Waals surface area contributed by atoms with Gasteiger partial charge < -0.3 is 14.5 Å². The number of aromatic nitrogens is 1. The molecule has 3 heterocycles. The average Bonchev–Trinajstić information content (AvgIpc) is 2.72. The SMILES string of the molecule is CN(C)c1ccc([C@@H]2C[C@H]3CCC[C@@H]2N3C(=O)OC(C)(C)C)cn1. The molecule has 24 heavy (non-hydrogen) atoms. The first kappa shape index (κ1) is 17.1. The Morgan fingerprint density at radius 3 is 2.62 bits per heavy atom. The molecule has 132 valence electrons. The second-order valence-electron chi connectivity index (χ2n) is 8.23. The second-order valence-corrected chi connectivity index (χ2v) is 8.23. The highest BCUT2D eigenvalue weighted by Crippen LogP contribution is 2.45. The standard InChI is InChI=1S/C19H29N3O2/c1-19(2,3)24-18(23)22-14-7-6-8-16(22)15(11-14)13-9-10-17(20-12-13)21(4)5/h9-10,12,14-16H,6-8,11H2,1-5H3/t14-,15+,16+/m1/s1. The molecule has 0 aromatic carbocycles. The summed E-state index contributed by atoms with van der Waals surface area (Å²) in [7, 11) is 3.99. The van der Waals surface area contributed by atoms with Crippen molar-refractivity contribution in [1.82, 2.24) is 9.88 Å². The maximum absolute atomic E-state index is 12.7. The van der Waals surface area contributed by atoms with Gasteiger partial charge in [-0.05, 0) is 58.1 Å². The molecule has 2 fully saturated rings. The minimum Gasteiger partial charge on any atom is -0.444 e. The van der Waals surface area contributed by atoms with Crippen LogP contribution in [0.25, 0.3) is 0 Å². The lowest BCUT2D eigenvalue weighted by Crippen LogP contribution is -2.47. The lowest BCUT2D eigenvalue weighted by Gasteiger charge is -2.36. The number of amides is 1. The van der Waals surface area contributed by atoms with Crippen LogP contribution < -0.4 is 4.90 Å². The molecule has 1 amide bonds. The van der Waals surface area contributed by atoms with Crippen LogP contribution in [0.1, 0.15) is 57.9 Å². The largest absolute Gasteiger partial charge is 0.444 e. The Balaban J connectivity index is 1.80. The molecule has 3 atom stereocenters. The Morgan fingerprint density at radius 1 is 1.29 bits per heavy atom. The van der Waals surface area contributed by atoms with E-state index >= 15 is 0 Å². The van der Waals surface area contributed by atoms with Crippen LogP contribution in [-0.2, 0) is 4.74 Å². The van der Waals surface area contributed by atoms with E-state index < -0.39 is 5.60 Å². The Hall–Kier alpha value is -1.78. The monoisotopic (exact) mass is 331 g/mol. The molecule has 2 saturated heterocycles. The highest BCUT2D eigenvalue weighted by Gasteiger charge is 2.47. The van der Waals surface area contributed by atoms with Crippen LogP contribution in [0, 0.1) is 0 Å². The molecule has 0 radical (unpaired) electrons. The first-order valence-corrected chi connectivity index (χ1v) is 8.91. The van der Waals surface area contributed by atoms with Crippen LogP contribution in [0.2, 0.25) is 0 Å². The molecule has 0 unspecified atom stereocenters. The van der Waals surface area contributed by atoms with Crippen molar-refractivity contribution in [3.63, 3.8) is 0 Å². The van der Waals surface area contributed by atoms with Gasteiger partial charge in [0.2, 0.25) is 0 Å². The zero-order valence-electron chi connectivity index (χ0n) is 15.5. The number of carbonyl (C=O) groups excluding carboxylic acids is 1. The van der Waals surface area contributed by atoms with E-state index in [2.05, 4.69) is 17.1 Å². The lowest BCUT2D eigenvalue weighted by molar-refractivity contribution is 0.00708. The van der Waals surface area contributed by atoms with Crippen LogP contribution in [0.5, 0.6) is 0 Å². The van der Waals surface area contributed by atoms with Crippen molar-refractivity contribution in [1.29, 1.82) is 0 Å². The quantitative estimate of drug-likeness (QED) is 0.827. The summed E-state index contributed by atoms with van der Waals surface area (Å²) < 4.78 is 5.66. The number of pyridine rings is 1. The minimum atomic E-state index is -0.446. The summed E-state index contributed by atoms with van der Waals surface area (Å²) in [6.45, 7) is 5.79. The minimum absolute atomic E-state index is 0.155. The number of rotatable bonds is 2. The van der Waals surface area contributed by atoms with Gasteiger partial charge in [-0.2, -0.15) is 0 Å². The fourth-order valence-electron chi connectivity index (χ4n) is 4.03. The third-order valence-electron chi connectivity index (χ3n) is 5.04. The van der Waals surface area contributed by atoms with Gasteiger partial charge in [0.1, 0.15) is 11.4 Å². The average molecular weight is 331 g/mol. The topological polar surface area (TPSA) is 45.7 Å². The van der Waals surface area contributed by atoms with E-state index in [1.54, 1.807) is 0 Å². The summed E-state index contributed by atoms with van der Waals surface area (Å²) in [5.41, 5.74) is 0.793. The van der Waals surface area contributed by atoms with Gasteiger partial charge in [-0.1, -0.05) is 6.07 Å². The number of anilines is 1. The van der Waals surface area contributed by atoms with Gasteiger partial charge in [0.25, 0.3) is 0 Å². The third kappa shape index (κ3) is 3.35. The Labute approximate surface area is 145 Å². The van der Waals surface area contributed by atoms with Crippen LogP contribution in [0.3, 0.4) is 0 Å². The molecule has 0 aliphatic carbocycles. The van der Waals surface area contributed by atoms with Crippen LogP contribution in [0.4, 0.5) is 10.6 Å². The highest BCUT2D eigenvalue weighted by molar-refractivity contribution is 5.70. The summed E-state index contributed by atoms with van der Waals surface area (Å²) in [6, 6.07) is 4.78. The third-order valence-corrected chi connectivity index (χ3v) is 5.04. The van der Waals surface area contributed by atoms with Crippen molar-refractivity contribution in [2.45, 2.75) is 70.1 Å². The molecule has 2 aliphatic rings. The molecule has 1 aromatic rings. The summed E-state index contributed by atoms with van der Waals surface area (Å²) >= 11 is 0. The molecule has 5 heteroatoms. The van der Waals surface area contributed by atoms with E-state index in [4.69, 9.17) is 4.74 Å². The van der Waals surface area contributed by atoms with Gasteiger partial charge >= 0.3 is 6.09 Å².